The molecule has 0 aliphatic carbocycles. The summed E-state index contributed by atoms with van der Waals surface area (Å²) in [6.07, 6.45) is 0. The number of esters is 1. The highest BCUT2D eigenvalue weighted by Crippen LogP contribution is 2.18. The van der Waals surface area contributed by atoms with Crippen LogP contribution in [0, 0.1) is 0 Å². The lowest BCUT2D eigenvalue weighted by Crippen LogP contribution is -2.04. The van der Waals surface area contributed by atoms with Gasteiger partial charge in [-0.1, -0.05) is 19.1 Å². The smallest absolute Gasteiger partial charge is 0.337 e. The second-order valence-electron chi connectivity index (χ2n) is 3.50. The predicted octanol–water partition coefficient (Wildman–Crippen LogP) is 2.09. The molecule has 0 aliphatic rings. The zero-order valence-corrected chi connectivity index (χ0v) is 10.3. The first-order chi connectivity index (χ1) is 7.67. The molecule has 0 heterocycles. The van der Waals surface area contributed by atoms with E-state index in [9.17, 15) is 4.79 Å². The minimum Gasteiger partial charge on any atom is -0.465 e. The topological polar surface area (TPSA) is 46.5 Å². The SMILES string of the molecule is COC(=O)c1cccc(CSC(C)CO)c1. The Morgan fingerprint density at radius 3 is 2.94 bits per heavy atom. The van der Waals surface area contributed by atoms with E-state index in [1.165, 1.54) is 7.11 Å². The average Bonchev–Trinajstić information content (AvgIpc) is 2.35. The fourth-order valence-electron chi connectivity index (χ4n) is 1.20. The van der Waals surface area contributed by atoms with Crippen LogP contribution in [0.5, 0.6) is 0 Å². The van der Waals surface area contributed by atoms with Crippen molar-refractivity contribution in [3.63, 3.8) is 0 Å². The Hall–Kier alpha value is -1.00. The number of thioether (sulfide) groups is 1. The van der Waals surface area contributed by atoms with Crippen LogP contribution in [0.3, 0.4) is 0 Å². The van der Waals surface area contributed by atoms with Crippen LogP contribution in [0.15, 0.2) is 24.3 Å². The van der Waals surface area contributed by atoms with Gasteiger partial charge in [0.05, 0.1) is 19.3 Å². The summed E-state index contributed by atoms with van der Waals surface area (Å²) in [7, 11) is 1.37. The van der Waals surface area contributed by atoms with Crippen molar-refractivity contribution in [1.29, 1.82) is 0 Å². The molecule has 16 heavy (non-hydrogen) atoms. The minimum absolute atomic E-state index is 0.168. The lowest BCUT2D eigenvalue weighted by molar-refractivity contribution is 0.0600. The summed E-state index contributed by atoms with van der Waals surface area (Å²) in [5, 5.41) is 9.11. The third kappa shape index (κ3) is 3.87. The standard InChI is InChI=1S/C12H16O3S/c1-9(7-13)16-8-10-4-3-5-11(6-10)12(14)15-2/h3-6,9,13H,7-8H2,1-2H3. The first-order valence-electron chi connectivity index (χ1n) is 5.07. The largest absolute Gasteiger partial charge is 0.465 e. The Balaban J connectivity index is 2.64. The Morgan fingerprint density at radius 1 is 1.56 bits per heavy atom. The lowest BCUT2D eigenvalue weighted by atomic mass is 10.1. The highest BCUT2D eigenvalue weighted by atomic mass is 32.2. The van der Waals surface area contributed by atoms with Gasteiger partial charge < -0.3 is 9.84 Å². The summed E-state index contributed by atoms with van der Waals surface area (Å²) in [4.78, 5) is 11.3. The maximum Gasteiger partial charge on any atom is 0.337 e. The molecule has 0 amide bonds. The van der Waals surface area contributed by atoms with Crippen molar-refractivity contribution in [1.82, 2.24) is 0 Å². The minimum atomic E-state index is -0.318. The highest BCUT2D eigenvalue weighted by molar-refractivity contribution is 7.99. The number of aliphatic hydroxyl groups is 1. The van der Waals surface area contributed by atoms with Gasteiger partial charge in [0.15, 0.2) is 0 Å². The second-order valence-corrected chi connectivity index (χ2v) is 4.92. The average molecular weight is 240 g/mol. The molecule has 0 aliphatic heterocycles. The van der Waals surface area contributed by atoms with Gasteiger partial charge >= 0.3 is 5.97 Å². The van der Waals surface area contributed by atoms with E-state index in [0.29, 0.717) is 5.56 Å². The van der Waals surface area contributed by atoms with Crippen molar-refractivity contribution >= 4 is 17.7 Å². The van der Waals surface area contributed by atoms with Crippen LogP contribution in [0.4, 0.5) is 0 Å². The Morgan fingerprint density at radius 2 is 2.31 bits per heavy atom. The molecule has 1 rings (SSSR count). The van der Waals surface area contributed by atoms with Gasteiger partial charge in [-0.3, -0.25) is 0 Å². The van der Waals surface area contributed by atoms with Crippen LogP contribution in [0.25, 0.3) is 0 Å². The van der Waals surface area contributed by atoms with Crippen molar-refractivity contribution in [2.75, 3.05) is 13.7 Å². The van der Waals surface area contributed by atoms with Crippen molar-refractivity contribution < 1.29 is 14.6 Å². The van der Waals surface area contributed by atoms with Gasteiger partial charge in [-0.15, -0.1) is 0 Å². The normalized spacial score (nSPS) is 12.2. The van der Waals surface area contributed by atoms with Crippen LogP contribution in [0.1, 0.15) is 22.8 Å². The molecule has 4 heteroatoms. The first kappa shape index (κ1) is 13.1. The summed E-state index contributed by atoms with van der Waals surface area (Å²) in [6.45, 7) is 2.14. The zero-order chi connectivity index (χ0) is 12.0. The molecule has 1 aromatic carbocycles. The van der Waals surface area contributed by atoms with Crippen molar-refractivity contribution in [3.8, 4) is 0 Å². The van der Waals surface area contributed by atoms with Gasteiger partial charge in [0.1, 0.15) is 0 Å². The molecule has 0 fully saturated rings. The van der Waals surface area contributed by atoms with E-state index in [1.54, 1.807) is 17.8 Å². The van der Waals surface area contributed by atoms with Crippen LogP contribution in [-0.4, -0.2) is 30.0 Å². The van der Waals surface area contributed by atoms with Crippen molar-refractivity contribution in [2.45, 2.75) is 17.9 Å². The van der Waals surface area contributed by atoms with Gasteiger partial charge in [0.2, 0.25) is 0 Å². The van der Waals surface area contributed by atoms with E-state index < -0.39 is 0 Å². The number of carbonyl (C=O) groups is 1. The second kappa shape index (κ2) is 6.55. The van der Waals surface area contributed by atoms with Crippen LogP contribution >= 0.6 is 11.8 Å². The molecule has 0 saturated heterocycles. The van der Waals surface area contributed by atoms with Gasteiger partial charge in [-0.05, 0) is 17.7 Å². The molecule has 0 aromatic heterocycles. The van der Waals surface area contributed by atoms with E-state index in [2.05, 4.69) is 4.74 Å². The third-order valence-electron chi connectivity index (χ3n) is 2.14. The number of rotatable bonds is 5. The predicted molar refractivity (Wildman–Crippen MR) is 65.6 cm³/mol. The Bertz CT molecular complexity index is 352. The number of hydrogen-bond acceptors (Lipinski definition) is 4. The quantitative estimate of drug-likeness (QED) is 0.800. The summed E-state index contributed by atoms with van der Waals surface area (Å²) >= 11 is 1.66. The first-order valence-corrected chi connectivity index (χ1v) is 6.12. The molecule has 1 aromatic rings. The molecule has 3 nitrogen and oxygen atoms in total. The number of methoxy groups -OCH3 is 1. The number of ether oxygens (including phenoxy) is 1. The molecule has 88 valence electrons. The summed E-state index contributed by atoms with van der Waals surface area (Å²) in [5.41, 5.74) is 1.63. The van der Waals surface area contributed by atoms with E-state index in [1.807, 2.05) is 25.1 Å². The number of carbonyl (C=O) groups excluding carboxylic acids is 1. The van der Waals surface area contributed by atoms with Crippen LogP contribution < -0.4 is 0 Å². The molecular formula is C12H16O3S. The Labute approximate surface area is 99.8 Å². The highest BCUT2D eigenvalue weighted by Gasteiger charge is 2.06. The van der Waals surface area contributed by atoms with Gasteiger partial charge in [-0.25, -0.2) is 4.79 Å². The van der Waals surface area contributed by atoms with E-state index in [-0.39, 0.29) is 17.8 Å². The van der Waals surface area contributed by atoms with Crippen LogP contribution in [0.2, 0.25) is 0 Å². The van der Waals surface area contributed by atoms with E-state index in [0.717, 1.165) is 11.3 Å². The Kier molecular flexibility index (Phi) is 5.35. The lowest BCUT2D eigenvalue weighted by Gasteiger charge is -2.08. The summed E-state index contributed by atoms with van der Waals surface area (Å²) < 4.78 is 4.65. The fourth-order valence-corrected chi connectivity index (χ4v) is 1.96. The van der Waals surface area contributed by atoms with Crippen molar-refractivity contribution in [2.24, 2.45) is 0 Å². The van der Waals surface area contributed by atoms with E-state index in [4.69, 9.17) is 5.11 Å². The molecule has 0 bridgehead atoms. The van der Waals surface area contributed by atoms with Crippen molar-refractivity contribution in [3.05, 3.63) is 35.4 Å². The number of benzene rings is 1. The van der Waals surface area contributed by atoms with E-state index >= 15 is 0 Å². The molecule has 0 spiro atoms. The number of hydrogen-bond donors (Lipinski definition) is 1. The van der Waals surface area contributed by atoms with Gasteiger partial charge in [0.25, 0.3) is 0 Å². The maximum absolute atomic E-state index is 11.3. The zero-order valence-electron chi connectivity index (χ0n) is 9.47. The molecule has 1 N–H and O–H groups in total. The summed E-state index contributed by atoms with van der Waals surface area (Å²) in [5.74, 6) is 0.467. The molecule has 0 saturated carbocycles. The number of aliphatic hydroxyl groups excluding tert-OH is 1. The molecular weight excluding hydrogens is 224 g/mol. The monoisotopic (exact) mass is 240 g/mol. The maximum atomic E-state index is 11.3. The molecule has 1 atom stereocenters. The fraction of sp³-hybridized carbons (Fsp3) is 0.417. The summed E-state index contributed by atoms with van der Waals surface area (Å²) in [6, 6.07) is 7.35. The molecule has 1 unspecified atom stereocenters. The third-order valence-corrected chi connectivity index (χ3v) is 3.36. The van der Waals surface area contributed by atoms with Gasteiger partial charge in [-0.2, -0.15) is 11.8 Å². The molecule has 0 radical (unpaired) electrons. The van der Waals surface area contributed by atoms with Gasteiger partial charge in [0, 0.05) is 11.0 Å². The van der Waals surface area contributed by atoms with Crippen LogP contribution in [-0.2, 0) is 10.5 Å².